The van der Waals surface area contributed by atoms with Crippen molar-refractivity contribution in [2.75, 3.05) is 0 Å². The van der Waals surface area contributed by atoms with E-state index in [4.69, 9.17) is 0 Å². The van der Waals surface area contributed by atoms with Gasteiger partial charge in [0, 0.05) is 0 Å². The third kappa shape index (κ3) is 2.67. The molecule has 2 heteroatoms. The topological polar surface area (TPSA) is 0 Å². The fourth-order valence-electron chi connectivity index (χ4n) is 2.20. The van der Waals surface area contributed by atoms with E-state index in [9.17, 15) is 0 Å². The maximum absolute atomic E-state index is 2.41. The van der Waals surface area contributed by atoms with E-state index in [-0.39, 0.29) is 0 Å². The van der Waals surface area contributed by atoms with Gasteiger partial charge in [0.1, 0.15) is 0 Å². The van der Waals surface area contributed by atoms with E-state index < -0.39 is 0 Å². The zero-order valence-corrected chi connectivity index (χ0v) is 7.61. The molecule has 10 heavy (non-hydrogen) atoms. The predicted molar refractivity (Wildman–Crippen MR) is 46.5 cm³/mol. The molecule has 0 aliphatic heterocycles. The zero-order valence-electron chi connectivity index (χ0n) is 7.61. The Kier molecular flexibility index (Phi) is 3.47. The second-order valence-electron chi connectivity index (χ2n) is 4.53. The van der Waals surface area contributed by atoms with Crippen LogP contribution in [0.3, 0.4) is 0 Å². The molecule has 0 aromatic carbocycles. The van der Waals surface area contributed by atoms with E-state index >= 15 is 0 Å². The van der Waals surface area contributed by atoms with Gasteiger partial charge in [0.2, 0.25) is 0 Å². The van der Waals surface area contributed by atoms with E-state index in [0.717, 1.165) is 5.92 Å². The molecule has 1 unspecified atom stereocenters. The van der Waals surface area contributed by atoms with Crippen molar-refractivity contribution in [3.63, 3.8) is 0 Å². The molecule has 0 radical (unpaired) electrons. The van der Waals surface area contributed by atoms with Crippen LogP contribution in [0, 0.1) is 5.92 Å². The first kappa shape index (κ1) is 9.28. The predicted octanol–water partition coefficient (Wildman–Crippen LogP) is 2.04. The van der Waals surface area contributed by atoms with E-state index in [2.05, 4.69) is 42.4 Å². The summed E-state index contributed by atoms with van der Waals surface area (Å²) >= 11 is 4.82. The summed E-state index contributed by atoms with van der Waals surface area (Å²) in [5, 5.41) is 0. The van der Waals surface area contributed by atoms with Crippen molar-refractivity contribution >= 4 is 35.4 Å². The molecule has 0 spiro atoms. The zero-order chi connectivity index (χ0) is 7.61. The monoisotopic (exact) mass is 124 g/mol. The van der Waals surface area contributed by atoms with E-state index in [1.807, 2.05) is 0 Å². The van der Waals surface area contributed by atoms with Crippen molar-refractivity contribution in [3.8, 4) is 0 Å². The first-order valence-electron chi connectivity index (χ1n) is 4.64. The van der Waals surface area contributed by atoms with Gasteiger partial charge in [-0.3, -0.25) is 0 Å². The number of rotatable bonds is 1. The molecule has 0 aromatic heterocycles. The Morgan fingerprint density at radius 3 is 2.60 bits per heavy atom. The molecular formula is C8H14Li2. The number of hydrogen-bond acceptors (Lipinski definition) is 0. The van der Waals surface area contributed by atoms with Crippen LogP contribution >= 0.6 is 0 Å². The molecule has 0 saturated heterocycles. The summed E-state index contributed by atoms with van der Waals surface area (Å²) in [6.07, 6.45) is 7.25. The van der Waals surface area contributed by atoms with Crippen LogP contribution in [0.15, 0.2) is 0 Å². The van der Waals surface area contributed by atoms with E-state index in [0.29, 0.717) is 2.76 Å². The van der Waals surface area contributed by atoms with Crippen LogP contribution in [0.2, 0.25) is 2.76 Å². The first-order chi connectivity index (χ1) is 4.64. The van der Waals surface area contributed by atoms with Gasteiger partial charge in [-0.2, -0.15) is 0 Å². The second-order valence-corrected chi connectivity index (χ2v) is 4.53. The molecule has 1 aliphatic carbocycles. The maximum atomic E-state index is 2.41. The molecule has 0 bridgehead atoms. The fraction of sp³-hybridized carbons (Fsp3) is 1.00. The molecule has 0 heterocycles. The van der Waals surface area contributed by atoms with Crippen LogP contribution in [-0.4, -0.2) is 35.4 Å². The fourth-order valence-corrected chi connectivity index (χ4v) is 2.20. The minimum atomic E-state index is 0.652. The molecule has 1 atom stereocenters. The summed E-state index contributed by atoms with van der Waals surface area (Å²) in [6, 6.07) is 0. The Hall–Kier alpha value is 1.19. The van der Waals surface area contributed by atoms with Gasteiger partial charge in [0.15, 0.2) is 0 Å². The van der Waals surface area contributed by atoms with Gasteiger partial charge in [-0.05, 0) is 0 Å². The Bertz CT molecular complexity index is 110. The molecule has 0 amide bonds. The molecule has 1 fully saturated rings. The summed E-state index contributed by atoms with van der Waals surface area (Å²) in [6.45, 7) is 2.33. The molecule has 1 saturated carbocycles. The van der Waals surface area contributed by atoms with Crippen molar-refractivity contribution in [3.05, 3.63) is 0 Å². The average Bonchev–Trinajstić information content (AvgIpc) is 1.86. The third-order valence-electron chi connectivity index (χ3n) is 2.88. The van der Waals surface area contributed by atoms with Gasteiger partial charge in [-0.25, -0.2) is 0 Å². The van der Waals surface area contributed by atoms with E-state index in [1.165, 1.54) is 32.1 Å². The van der Waals surface area contributed by atoms with Crippen LogP contribution in [0.4, 0.5) is 0 Å². The Morgan fingerprint density at radius 1 is 1.50 bits per heavy atom. The van der Waals surface area contributed by atoms with Gasteiger partial charge >= 0.3 is 83.1 Å². The van der Waals surface area contributed by atoms with Gasteiger partial charge < -0.3 is 0 Å². The molecule has 0 N–H and O–H groups in total. The summed E-state index contributed by atoms with van der Waals surface area (Å²) in [5.74, 6) is 1.03. The molecule has 0 nitrogen and oxygen atoms in total. The van der Waals surface area contributed by atoms with Crippen molar-refractivity contribution in [2.24, 2.45) is 5.92 Å². The molecule has 0 aromatic rings. The SMILES string of the molecule is [Li][C]1([Li])CCCC(CC)C1. The molecular weight excluding hydrogens is 110 g/mol. The van der Waals surface area contributed by atoms with Gasteiger partial charge in [-0.1, -0.05) is 0 Å². The average molecular weight is 124 g/mol. The van der Waals surface area contributed by atoms with Crippen molar-refractivity contribution in [2.45, 2.75) is 41.8 Å². The Morgan fingerprint density at radius 2 is 2.20 bits per heavy atom. The Balaban J connectivity index is 2.40. The minimum absolute atomic E-state index is 0.652. The van der Waals surface area contributed by atoms with Crippen molar-refractivity contribution < 1.29 is 0 Å². The van der Waals surface area contributed by atoms with Crippen LogP contribution in [0.1, 0.15) is 39.0 Å². The van der Waals surface area contributed by atoms with Crippen molar-refractivity contribution in [1.82, 2.24) is 0 Å². The van der Waals surface area contributed by atoms with Gasteiger partial charge in [-0.15, -0.1) is 0 Å². The first-order valence-corrected chi connectivity index (χ1v) is 4.64. The quantitative estimate of drug-likeness (QED) is 0.469. The van der Waals surface area contributed by atoms with Crippen LogP contribution in [0.25, 0.3) is 0 Å². The second kappa shape index (κ2) is 3.73. The van der Waals surface area contributed by atoms with Crippen LogP contribution in [-0.2, 0) is 0 Å². The summed E-state index contributed by atoms with van der Waals surface area (Å²) in [7, 11) is 0. The van der Waals surface area contributed by atoms with Crippen molar-refractivity contribution in [1.29, 1.82) is 0 Å². The summed E-state index contributed by atoms with van der Waals surface area (Å²) in [5.41, 5.74) is 0. The van der Waals surface area contributed by atoms with Crippen LogP contribution < -0.4 is 0 Å². The molecule has 1 aliphatic rings. The summed E-state index contributed by atoms with van der Waals surface area (Å²) < 4.78 is 0.652. The number of hydrogen-bond donors (Lipinski definition) is 0. The normalized spacial score (nSPS) is 32.3. The van der Waals surface area contributed by atoms with Gasteiger partial charge in [0.05, 0.1) is 0 Å². The van der Waals surface area contributed by atoms with Crippen LogP contribution in [0.5, 0.6) is 0 Å². The molecule has 48 valence electrons. The molecule has 1 rings (SSSR count). The van der Waals surface area contributed by atoms with E-state index in [1.54, 1.807) is 0 Å². The standard InChI is InChI=1S/C8H14.2Li/c1-2-8-6-4-3-5-7-8;;/h8H,2-4,6-7H2,1H3;;. The Labute approximate surface area is 82.9 Å². The third-order valence-corrected chi connectivity index (χ3v) is 2.88. The summed E-state index contributed by atoms with van der Waals surface area (Å²) in [4.78, 5) is 0. The van der Waals surface area contributed by atoms with Gasteiger partial charge in [0.25, 0.3) is 0 Å².